The highest BCUT2D eigenvalue weighted by Gasteiger charge is 2.10. The molecule has 118 valence electrons. The van der Waals surface area contributed by atoms with Gasteiger partial charge < -0.3 is 5.32 Å². The van der Waals surface area contributed by atoms with E-state index >= 15 is 0 Å². The maximum atomic E-state index is 12.1. The first kappa shape index (κ1) is 16.4. The fraction of sp³-hybridized carbons (Fsp3) is 0.167. The van der Waals surface area contributed by atoms with E-state index in [-0.39, 0.29) is 11.6 Å². The lowest BCUT2D eigenvalue weighted by Gasteiger charge is -2.11. The van der Waals surface area contributed by atoms with Gasteiger partial charge in [-0.1, -0.05) is 29.8 Å². The number of rotatable bonds is 4. The van der Waals surface area contributed by atoms with Crippen molar-refractivity contribution in [1.82, 2.24) is 0 Å². The molecule has 1 amide bonds. The number of hydrogen-bond donors (Lipinski definition) is 1. The molecule has 0 unspecified atom stereocenters. The molecule has 0 aliphatic heterocycles. The van der Waals surface area contributed by atoms with Gasteiger partial charge in [-0.25, -0.2) is 0 Å². The SMILES string of the molecule is Cc1cc(C)c(NC(=O)C=Cc2ccccc2[N+](=O)[O-])c(C)c1. The lowest BCUT2D eigenvalue weighted by Crippen LogP contribution is -2.10. The minimum absolute atomic E-state index is 0.0285. The Labute approximate surface area is 134 Å². The largest absolute Gasteiger partial charge is 0.322 e. The second-order valence-corrected chi connectivity index (χ2v) is 5.41. The molecule has 2 aromatic carbocycles. The van der Waals surface area contributed by atoms with Crippen LogP contribution in [0.5, 0.6) is 0 Å². The number of amides is 1. The number of nitro benzene ring substituents is 1. The van der Waals surface area contributed by atoms with Crippen LogP contribution in [0.15, 0.2) is 42.5 Å². The van der Waals surface area contributed by atoms with Crippen LogP contribution >= 0.6 is 0 Å². The van der Waals surface area contributed by atoms with Gasteiger partial charge in [-0.3, -0.25) is 14.9 Å². The smallest absolute Gasteiger partial charge is 0.276 e. The van der Waals surface area contributed by atoms with Crippen LogP contribution in [0, 0.1) is 30.9 Å². The van der Waals surface area contributed by atoms with Crippen LogP contribution in [0.1, 0.15) is 22.3 Å². The minimum Gasteiger partial charge on any atom is -0.322 e. The lowest BCUT2D eigenvalue weighted by molar-refractivity contribution is -0.385. The van der Waals surface area contributed by atoms with Crippen molar-refractivity contribution in [3.8, 4) is 0 Å². The van der Waals surface area contributed by atoms with E-state index in [1.807, 2.05) is 32.9 Å². The summed E-state index contributed by atoms with van der Waals surface area (Å²) in [6.45, 7) is 5.86. The summed E-state index contributed by atoms with van der Waals surface area (Å²) in [6, 6.07) is 10.3. The number of aryl methyl sites for hydroxylation is 3. The number of nitrogens with zero attached hydrogens (tertiary/aromatic N) is 1. The van der Waals surface area contributed by atoms with Gasteiger partial charge in [-0.2, -0.15) is 0 Å². The molecule has 0 spiro atoms. The summed E-state index contributed by atoms with van der Waals surface area (Å²) in [4.78, 5) is 22.6. The average molecular weight is 310 g/mol. The highest BCUT2D eigenvalue weighted by molar-refractivity contribution is 6.03. The third-order valence-corrected chi connectivity index (χ3v) is 3.47. The summed E-state index contributed by atoms with van der Waals surface area (Å²) < 4.78 is 0. The van der Waals surface area contributed by atoms with E-state index in [0.717, 1.165) is 22.4 Å². The Bertz CT molecular complexity index is 772. The van der Waals surface area contributed by atoms with Gasteiger partial charge in [0.05, 0.1) is 10.5 Å². The van der Waals surface area contributed by atoms with Gasteiger partial charge in [0, 0.05) is 17.8 Å². The number of nitro groups is 1. The van der Waals surface area contributed by atoms with E-state index < -0.39 is 4.92 Å². The van der Waals surface area contributed by atoms with E-state index in [9.17, 15) is 14.9 Å². The van der Waals surface area contributed by atoms with Crippen LogP contribution in [0.4, 0.5) is 11.4 Å². The minimum atomic E-state index is -0.466. The third kappa shape index (κ3) is 4.03. The molecular formula is C18H18N2O3. The molecule has 0 aromatic heterocycles. The maximum Gasteiger partial charge on any atom is 0.276 e. The zero-order valence-electron chi connectivity index (χ0n) is 13.3. The first-order chi connectivity index (χ1) is 10.9. The van der Waals surface area contributed by atoms with E-state index in [1.165, 1.54) is 18.2 Å². The molecule has 2 aromatic rings. The second kappa shape index (κ2) is 6.87. The molecule has 0 fully saturated rings. The maximum absolute atomic E-state index is 12.1. The molecule has 0 aliphatic carbocycles. The molecule has 1 N–H and O–H groups in total. The Morgan fingerprint density at radius 3 is 2.35 bits per heavy atom. The number of nitrogens with one attached hydrogen (secondary N) is 1. The summed E-state index contributed by atoms with van der Waals surface area (Å²) in [5, 5.41) is 13.8. The lowest BCUT2D eigenvalue weighted by atomic mass is 10.1. The van der Waals surface area contributed by atoms with Crippen molar-refractivity contribution < 1.29 is 9.72 Å². The molecule has 0 bridgehead atoms. The van der Waals surface area contributed by atoms with E-state index in [4.69, 9.17) is 0 Å². The van der Waals surface area contributed by atoms with Crippen molar-refractivity contribution in [2.45, 2.75) is 20.8 Å². The number of hydrogen-bond acceptors (Lipinski definition) is 3. The molecule has 2 rings (SSSR count). The quantitative estimate of drug-likeness (QED) is 0.523. The Morgan fingerprint density at radius 1 is 1.13 bits per heavy atom. The Morgan fingerprint density at radius 2 is 1.74 bits per heavy atom. The van der Waals surface area contributed by atoms with Crippen LogP contribution in [0.3, 0.4) is 0 Å². The number of anilines is 1. The first-order valence-electron chi connectivity index (χ1n) is 7.19. The standard InChI is InChI=1S/C18H18N2O3/c1-12-10-13(2)18(14(3)11-12)19-17(21)9-8-15-6-4-5-7-16(15)20(22)23/h4-11H,1-3H3,(H,19,21). The Kier molecular flexibility index (Phi) is 4.91. The molecule has 23 heavy (non-hydrogen) atoms. The predicted octanol–water partition coefficient (Wildman–Crippen LogP) is 4.17. The Hall–Kier alpha value is -2.95. The van der Waals surface area contributed by atoms with Gasteiger partial charge in [-0.05, 0) is 44.0 Å². The van der Waals surface area contributed by atoms with Gasteiger partial charge in [0.15, 0.2) is 0 Å². The molecule has 0 atom stereocenters. The zero-order valence-corrected chi connectivity index (χ0v) is 13.3. The fourth-order valence-corrected chi connectivity index (χ4v) is 2.50. The van der Waals surface area contributed by atoms with E-state index in [1.54, 1.807) is 18.2 Å². The van der Waals surface area contributed by atoms with Crippen molar-refractivity contribution in [3.05, 3.63) is 74.8 Å². The predicted molar refractivity (Wildman–Crippen MR) is 91.4 cm³/mol. The molecule has 0 saturated carbocycles. The summed E-state index contributed by atoms with van der Waals surface area (Å²) in [7, 11) is 0. The van der Waals surface area contributed by atoms with Crippen LogP contribution in [0.25, 0.3) is 6.08 Å². The number of carbonyl (C=O) groups excluding carboxylic acids is 1. The fourth-order valence-electron chi connectivity index (χ4n) is 2.50. The van der Waals surface area contributed by atoms with Gasteiger partial charge in [0.1, 0.15) is 0 Å². The van der Waals surface area contributed by atoms with Gasteiger partial charge >= 0.3 is 0 Å². The van der Waals surface area contributed by atoms with Crippen LogP contribution in [0.2, 0.25) is 0 Å². The summed E-state index contributed by atoms with van der Waals surface area (Å²) in [6.07, 6.45) is 2.76. The molecule has 5 nitrogen and oxygen atoms in total. The molecule has 0 saturated heterocycles. The summed E-state index contributed by atoms with van der Waals surface area (Å²) in [5.41, 5.74) is 4.23. The normalized spacial score (nSPS) is 10.7. The van der Waals surface area contributed by atoms with Crippen molar-refractivity contribution in [1.29, 1.82) is 0 Å². The Balaban J connectivity index is 2.19. The molecule has 0 heterocycles. The van der Waals surface area contributed by atoms with Crippen molar-refractivity contribution >= 4 is 23.4 Å². The van der Waals surface area contributed by atoms with Crippen molar-refractivity contribution in [2.75, 3.05) is 5.32 Å². The number of benzene rings is 2. The monoisotopic (exact) mass is 310 g/mol. The van der Waals surface area contributed by atoms with E-state index in [2.05, 4.69) is 5.32 Å². The number of carbonyl (C=O) groups is 1. The van der Waals surface area contributed by atoms with E-state index in [0.29, 0.717) is 5.56 Å². The van der Waals surface area contributed by atoms with Crippen molar-refractivity contribution in [3.63, 3.8) is 0 Å². The van der Waals surface area contributed by atoms with Gasteiger partial charge in [0.25, 0.3) is 5.69 Å². The average Bonchev–Trinajstić information content (AvgIpc) is 2.49. The topological polar surface area (TPSA) is 72.2 Å². The molecule has 0 aliphatic rings. The van der Waals surface area contributed by atoms with Crippen LogP contribution in [-0.2, 0) is 4.79 Å². The van der Waals surface area contributed by atoms with Gasteiger partial charge in [0.2, 0.25) is 5.91 Å². The third-order valence-electron chi connectivity index (χ3n) is 3.47. The van der Waals surface area contributed by atoms with Crippen molar-refractivity contribution in [2.24, 2.45) is 0 Å². The number of para-hydroxylation sites is 1. The first-order valence-corrected chi connectivity index (χ1v) is 7.19. The summed E-state index contributed by atoms with van der Waals surface area (Å²) in [5.74, 6) is -0.321. The van der Waals surface area contributed by atoms with Crippen LogP contribution < -0.4 is 5.32 Å². The highest BCUT2D eigenvalue weighted by atomic mass is 16.6. The second-order valence-electron chi connectivity index (χ2n) is 5.41. The van der Waals surface area contributed by atoms with Crippen LogP contribution in [-0.4, -0.2) is 10.8 Å². The van der Waals surface area contributed by atoms with Gasteiger partial charge in [-0.15, -0.1) is 0 Å². The molecule has 0 radical (unpaired) electrons. The highest BCUT2D eigenvalue weighted by Crippen LogP contribution is 2.22. The zero-order chi connectivity index (χ0) is 17.0. The molecule has 5 heteroatoms. The summed E-state index contributed by atoms with van der Waals surface area (Å²) >= 11 is 0. The molecular weight excluding hydrogens is 292 g/mol.